The van der Waals surface area contributed by atoms with Crippen LogP contribution in [0.25, 0.3) is 11.0 Å². The van der Waals surface area contributed by atoms with Crippen molar-refractivity contribution in [1.82, 2.24) is 0 Å². The summed E-state index contributed by atoms with van der Waals surface area (Å²) in [6, 6.07) is 3.41. The molecule has 0 bridgehead atoms. The zero-order valence-corrected chi connectivity index (χ0v) is 7.60. The Morgan fingerprint density at radius 1 is 1.20 bits per heavy atom. The van der Waals surface area contributed by atoms with Gasteiger partial charge in [0.2, 0.25) is 0 Å². The topological polar surface area (TPSA) is 90.9 Å². The summed E-state index contributed by atoms with van der Waals surface area (Å²) in [5, 5.41) is 27.9. The Hall–Kier alpha value is -2.01. The van der Waals surface area contributed by atoms with Crippen LogP contribution in [0.4, 0.5) is 0 Å². The van der Waals surface area contributed by atoms with Gasteiger partial charge < -0.3 is 19.7 Å². The number of hydrogen-bond donors (Lipinski definition) is 3. The van der Waals surface area contributed by atoms with Crippen molar-refractivity contribution in [1.29, 1.82) is 0 Å². The zero-order valence-electron chi connectivity index (χ0n) is 7.60. The lowest BCUT2D eigenvalue weighted by molar-refractivity contribution is 0.282. The number of phenolic OH excluding ortho intramolecular Hbond substituents is 2. The van der Waals surface area contributed by atoms with E-state index in [0.717, 1.165) is 12.1 Å². The van der Waals surface area contributed by atoms with Crippen molar-refractivity contribution in [2.24, 2.45) is 0 Å². The molecule has 0 amide bonds. The molecule has 5 heteroatoms. The minimum Gasteiger partial charge on any atom is -0.508 e. The zero-order chi connectivity index (χ0) is 11.0. The quantitative estimate of drug-likeness (QED) is 0.600. The Morgan fingerprint density at radius 3 is 2.60 bits per heavy atom. The fourth-order valence-corrected chi connectivity index (χ4v) is 1.47. The Morgan fingerprint density at radius 2 is 1.93 bits per heavy atom. The van der Waals surface area contributed by atoms with E-state index in [9.17, 15) is 15.0 Å². The van der Waals surface area contributed by atoms with Gasteiger partial charge in [-0.15, -0.1) is 0 Å². The summed E-state index contributed by atoms with van der Waals surface area (Å²) in [6.07, 6.45) is 0. The molecule has 15 heavy (non-hydrogen) atoms. The smallest absolute Gasteiger partial charge is 0.336 e. The van der Waals surface area contributed by atoms with Crippen molar-refractivity contribution in [3.05, 3.63) is 34.2 Å². The Balaban J connectivity index is 2.96. The third-order valence-corrected chi connectivity index (χ3v) is 2.06. The van der Waals surface area contributed by atoms with Gasteiger partial charge in [-0.2, -0.15) is 0 Å². The second-order valence-electron chi connectivity index (χ2n) is 3.09. The van der Waals surface area contributed by atoms with Gasteiger partial charge in [-0.05, 0) is 5.56 Å². The normalized spacial score (nSPS) is 10.7. The van der Waals surface area contributed by atoms with E-state index in [1.807, 2.05) is 0 Å². The van der Waals surface area contributed by atoms with Crippen molar-refractivity contribution < 1.29 is 19.7 Å². The molecule has 1 aromatic heterocycles. The Bertz CT molecular complexity index is 570. The van der Waals surface area contributed by atoms with Crippen molar-refractivity contribution in [3.8, 4) is 11.5 Å². The van der Waals surface area contributed by atoms with Gasteiger partial charge in [0.05, 0.1) is 12.0 Å². The summed E-state index contributed by atoms with van der Waals surface area (Å²) in [5.41, 5.74) is -0.334. The monoisotopic (exact) mass is 208 g/mol. The number of rotatable bonds is 1. The first-order valence-electron chi connectivity index (χ1n) is 4.21. The van der Waals surface area contributed by atoms with Gasteiger partial charge in [-0.25, -0.2) is 4.79 Å². The predicted octanol–water partition coefficient (Wildman–Crippen LogP) is 0.696. The van der Waals surface area contributed by atoms with Crippen LogP contribution in [0.1, 0.15) is 5.56 Å². The van der Waals surface area contributed by atoms with Gasteiger partial charge >= 0.3 is 5.63 Å². The highest BCUT2D eigenvalue weighted by Crippen LogP contribution is 2.31. The average Bonchev–Trinajstić information content (AvgIpc) is 2.14. The number of fused-ring (bicyclic) bond motifs is 1. The first-order chi connectivity index (χ1) is 7.11. The van der Waals surface area contributed by atoms with Crippen LogP contribution in [0.2, 0.25) is 0 Å². The van der Waals surface area contributed by atoms with Crippen molar-refractivity contribution in [2.75, 3.05) is 0 Å². The molecule has 0 saturated carbocycles. The number of aliphatic hydroxyl groups excluding tert-OH is 1. The van der Waals surface area contributed by atoms with E-state index in [0.29, 0.717) is 0 Å². The van der Waals surface area contributed by atoms with Crippen LogP contribution in [0.3, 0.4) is 0 Å². The van der Waals surface area contributed by atoms with E-state index in [1.165, 1.54) is 6.07 Å². The Kier molecular flexibility index (Phi) is 2.09. The summed E-state index contributed by atoms with van der Waals surface area (Å²) < 4.78 is 4.78. The number of aromatic hydroxyl groups is 2. The van der Waals surface area contributed by atoms with Gasteiger partial charge in [-0.3, -0.25) is 0 Å². The van der Waals surface area contributed by atoms with E-state index < -0.39 is 5.63 Å². The summed E-state index contributed by atoms with van der Waals surface area (Å²) in [4.78, 5) is 11.0. The number of aliphatic hydroxyl groups is 1. The molecule has 78 valence electrons. The predicted molar refractivity (Wildman–Crippen MR) is 51.7 cm³/mol. The molecular formula is C10H8O5. The minimum atomic E-state index is -0.642. The fraction of sp³-hybridized carbons (Fsp3) is 0.100. The number of phenols is 2. The average molecular weight is 208 g/mol. The molecule has 0 atom stereocenters. The van der Waals surface area contributed by atoms with Crippen LogP contribution in [0, 0.1) is 0 Å². The van der Waals surface area contributed by atoms with E-state index in [2.05, 4.69) is 0 Å². The second kappa shape index (κ2) is 3.29. The molecule has 0 radical (unpaired) electrons. The molecule has 0 aliphatic rings. The van der Waals surface area contributed by atoms with E-state index in [-0.39, 0.29) is 34.6 Å². The lowest BCUT2D eigenvalue weighted by Crippen LogP contribution is -2.00. The highest BCUT2D eigenvalue weighted by atomic mass is 16.4. The maximum Gasteiger partial charge on any atom is 0.336 e. The van der Waals surface area contributed by atoms with Crippen LogP contribution in [0.15, 0.2) is 27.4 Å². The number of hydrogen-bond acceptors (Lipinski definition) is 5. The Labute approximate surface area is 83.8 Å². The van der Waals surface area contributed by atoms with Crippen molar-refractivity contribution in [2.45, 2.75) is 6.61 Å². The first-order valence-corrected chi connectivity index (χ1v) is 4.21. The molecular weight excluding hydrogens is 200 g/mol. The maximum atomic E-state index is 11.0. The molecule has 0 aliphatic heterocycles. The standard InChI is InChI=1S/C10H8O5/c11-4-5-1-9(14)15-8-3-6(12)2-7(13)10(5)8/h1-3,11-13H,4H2. The van der Waals surface area contributed by atoms with Gasteiger partial charge in [0.1, 0.15) is 17.1 Å². The van der Waals surface area contributed by atoms with Crippen molar-refractivity contribution in [3.63, 3.8) is 0 Å². The van der Waals surface area contributed by atoms with Gasteiger partial charge in [-0.1, -0.05) is 0 Å². The molecule has 2 aromatic rings. The summed E-state index contributed by atoms with van der Waals surface area (Å²) >= 11 is 0. The molecule has 1 aromatic carbocycles. The minimum absolute atomic E-state index is 0.0454. The molecule has 0 spiro atoms. The largest absolute Gasteiger partial charge is 0.508 e. The van der Waals surface area contributed by atoms with E-state index in [1.54, 1.807) is 0 Å². The third-order valence-electron chi connectivity index (χ3n) is 2.06. The summed E-state index contributed by atoms with van der Waals surface area (Å²) in [7, 11) is 0. The third kappa shape index (κ3) is 1.53. The molecule has 0 fully saturated rings. The van der Waals surface area contributed by atoms with Crippen LogP contribution in [-0.2, 0) is 6.61 Å². The molecule has 0 saturated heterocycles. The molecule has 3 N–H and O–H groups in total. The lowest BCUT2D eigenvalue weighted by Gasteiger charge is -2.04. The van der Waals surface area contributed by atoms with Gasteiger partial charge in [0, 0.05) is 18.2 Å². The van der Waals surface area contributed by atoms with E-state index >= 15 is 0 Å². The van der Waals surface area contributed by atoms with Crippen LogP contribution in [0.5, 0.6) is 11.5 Å². The molecule has 0 aliphatic carbocycles. The van der Waals surface area contributed by atoms with Gasteiger partial charge in [0.25, 0.3) is 0 Å². The molecule has 1 heterocycles. The number of benzene rings is 1. The summed E-state index contributed by atoms with van der Waals surface area (Å²) in [6.45, 7) is -0.388. The highest BCUT2D eigenvalue weighted by molar-refractivity contribution is 5.87. The second-order valence-corrected chi connectivity index (χ2v) is 3.09. The lowest BCUT2D eigenvalue weighted by atomic mass is 10.1. The highest BCUT2D eigenvalue weighted by Gasteiger charge is 2.10. The summed E-state index contributed by atoms with van der Waals surface area (Å²) in [5.74, 6) is -0.448. The molecule has 0 unspecified atom stereocenters. The van der Waals surface area contributed by atoms with Crippen molar-refractivity contribution >= 4 is 11.0 Å². The maximum absolute atomic E-state index is 11.0. The van der Waals surface area contributed by atoms with Crippen LogP contribution < -0.4 is 5.63 Å². The SMILES string of the molecule is O=c1cc(CO)c2c(O)cc(O)cc2o1. The van der Waals surface area contributed by atoms with Crippen LogP contribution >= 0.6 is 0 Å². The molecule has 2 rings (SSSR count). The first kappa shape index (κ1) is 9.54. The van der Waals surface area contributed by atoms with Gasteiger partial charge in [0.15, 0.2) is 0 Å². The van der Waals surface area contributed by atoms with E-state index in [4.69, 9.17) is 9.52 Å². The fourth-order valence-electron chi connectivity index (χ4n) is 1.47. The van der Waals surface area contributed by atoms with Crippen LogP contribution in [-0.4, -0.2) is 15.3 Å². The molecule has 5 nitrogen and oxygen atoms in total.